The molecule has 0 unspecified atom stereocenters. The zero-order valence-electron chi connectivity index (χ0n) is 14.2. The van der Waals surface area contributed by atoms with E-state index in [4.69, 9.17) is 11.6 Å². The zero-order valence-corrected chi connectivity index (χ0v) is 16.6. The first-order valence-corrected chi connectivity index (χ1v) is 11.2. The molecule has 1 N–H and O–H groups in total. The van der Waals surface area contributed by atoms with Gasteiger partial charge in [0.2, 0.25) is 10.0 Å². The summed E-state index contributed by atoms with van der Waals surface area (Å²) in [6.07, 6.45) is 2.03. The lowest BCUT2D eigenvalue weighted by molar-refractivity contribution is 0.180. The van der Waals surface area contributed by atoms with E-state index in [1.165, 1.54) is 10.9 Å². The van der Waals surface area contributed by atoms with Gasteiger partial charge >= 0.3 is 0 Å². The fourth-order valence-electron chi connectivity index (χ4n) is 3.02. The van der Waals surface area contributed by atoms with Gasteiger partial charge in [-0.05, 0) is 67.9 Å². The van der Waals surface area contributed by atoms with Crippen molar-refractivity contribution in [3.63, 3.8) is 0 Å². The third-order valence-electron chi connectivity index (χ3n) is 4.68. The van der Waals surface area contributed by atoms with Crippen molar-refractivity contribution in [1.29, 1.82) is 0 Å². The SMILES string of the molecule is Cc1ccc(S(=O)(=O)NCC2CCN(Cc3cccs3)CC2)cc1Cl. The molecule has 7 heteroatoms. The van der Waals surface area contributed by atoms with Gasteiger partial charge in [-0.1, -0.05) is 23.7 Å². The van der Waals surface area contributed by atoms with Gasteiger partial charge in [0, 0.05) is 23.0 Å². The lowest BCUT2D eigenvalue weighted by Crippen LogP contribution is -2.38. The summed E-state index contributed by atoms with van der Waals surface area (Å²) in [5.41, 5.74) is 0.874. The summed E-state index contributed by atoms with van der Waals surface area (Å²) in [5.74, 6) is 0.385. The summed E-state index contributed by atoms with van der Waals surface area (Å²) >= 11 is 7.83. The molecule has 2 aromatic rings. The van der Waals surface area contributed by atoms with Crippen molar-refractivity contribution in [2.45, 2.75) is 31.2 Å². The second-order valence-electron chi connectivity index (χ2n) is 6.56. The minimum atomic E-state index is -3.50. The Balaban J connectivity index is 1.49. The number of halogens is 1. The predicted octanol–water partition coefficient (Wildman–Crippen LogP) is 3.90. The van der Waals surface area contributed by atoms with Crippen molar-refractivity contribution in [3.05, 3.63) is 51.2 Å². The van der Waals surface area contributed by atoms with E-state index in [0.29, 0.717) is 17.5 Å². The van der Waals surface area contributed by atoms with Gasteiger partial charge in [0.25, 0.3) is 0 Å². The molecule has 1 saturated heterocycles. The summed E-state index contributed by atoms with van der Waals surface area (Å²) in [5, 5.41) is 2.58. The van der Waals surface area contributed by atoms with Gasteiger partial charge in [-0.2, -0.15) is 0 Å². The Morgan fingerprint density at radius 2 is 2.04 bits per heavy atom. The largest absolute Gasteiger partial charge is 0.298 e. The molecule has 0 radical (unpaired) electrons. The number of rotatable bonds is 6. The van der Waals surface area contributed by atoms with Crippen molar-refractivity contribution >= 4 is 33.0 Å². The number of aryl methyl sites for hydroxylation is 1. The van der Waals surface area contributed by atoms with Crippen molar-refractivity contribution in [3.8, 4) is 0 Å². The van der Waals surface area contributed by atoms with E-state index in [2.05, 4.69) is 27.1 Å². The Morgan fingerprint density at radius 1 is 1.28 bits per heavy atom. The maximum absolute atomic E-state index is 12.4. The first-order valence-electron chi connectivity index (χ1n) is 8.44. The fraction of sp³-hybridized carbons (Fsp3) is 0.444. The van der Waals surface area contributed by atoms with Crippen molar-refractivity contribution in [2.75, 3.05) is 19.6 Å². The van der Waals surface area contributed by atoms with E-state index >= 15 is 0 Å². The van der Waals surface area contributed by atoms with Crippen LogP contribution in [0.3, 0.4) is 0 Å². The molecular weight excluding hydrogens is 376 g/mol. The number of piperidine rings is 1. The van der Waals surface area contributed by atoms with Crippen molar-refractivity contribution in [2.24, 2.45) is 5.92 Å². The molecule has 0 amide bonds. The smallest absolute Gasteiger partial charge is 0.240 e. The average Bonchev–Trinajstić information content (AvgIpc) is 3.10. The lowest BCUT2D eigenvalue weighted by Gasteiger charge is -2.31. The van der Waals surface area contributed by atoms with Gasteiger partial charge in [-0.15, -0.1) is 11.3 Å². The predicted molar refractivity (Wildman–Crippen MR) is 104 cm³/mol. The summed E-state index contributed by atoms with van der Waals surface area (Å²) < 4.78 is 27.6. The first-order chi connectivity index (χ1) is 11.9. The van der Waals surface area contributed by atoms with Crippen LogP contribution in [-0.2, 0) is 16.6 Å². The molecule has 2 heterocycles. The number of sulfonamides is 1. The maximum atomic E-state index is 12.4. The van der Waals surface area contributed by atoms with Crippen LogP contribution in [0, 0.1) is 12.8 Å². The molecule has 0 saturated carbocycles. The lowest BCUT2D eigenvalue weighted by atomic mass is 9.97. The monoisotopic (exact) mass is 398 g/mol. The number of hydrogen-bond acceptors (Lipinski definition) is 4. The van der Waals surface area contributed by atoms with Crippen LogP contribution in [0.4, 0.5) is 0 Å². The molecular formula is C18H23ClN2O2S2. The fourth-order valence-corrected chi connectivity index (χ4v) is 5.16. The summed E-state index contributed by atoms with van der Waals surface area (Å²) in [7, 11) is -3.50. The minimum Gasteiger partial charge on any atom is -0.298 e. The molecule has 1 fully saturated rings. The van der Waals surface area contributed by atoms with Crippen LogP contribution in [0.25, 0.3) is 0 Å². The van der Waals surface area contributed by atoms with E-state index in [0.717, 1.165) is 38.0 Å². The van der Waals surface area contributed by atoms with E-state index < -0.39 is 10.0 Å². The van der Waals surface area contributed by atoms with E-state index in [1.54, 1.807) is 23.5 Å². The van der Waals surface area contributed by atoms with Gasteiger partial charge < -0.3 is 0 Å². The molecule has 0 spiro atoms. The van der Waals surface area contributed by atoms with Crippen LogP contribution in [-0.4, -0.2) is 33.0 Å². The van der Waals surface area contributed by atoms with E-state index in [-0.39, 0.29) is 4.90 Å². The highest BCUT2D eigenvalue weighted by Crippen LogP contribution is 2.22. The second-order valence-corrected chi connectivity index (χ2v) is 9.77. The number of benzene rings is 1. The molecule has 3 rings (SSSR count). The highest BCUT2D eigenvalue weighted by molar-refractivity contribution is 7.89. The van der Waals surface area contributed by atoms with Gasteiger partial charge in [-0.25, -0.2) is 13.1 Å². The molecule has 1 aliphatic rings. The summed E-state index contributed by atoms with van der Waals surface area (Å²) in [6.45, 7) is 5.37. The van der Waals surface area contributed by atoms with E-state index in [1.807, 2.05) is 6.92 Å². The first kappa shape index (κ1) is 18.9. The molecule has 0 bridgehead atoms. The molecule has 4 nitrogen and oxygen atoms in total. The van der Waals surface area contributed by atoms with Crippen LogP contribution in [0.15, 0.2) is 40.6 Å². The van der Waals surface area contributed by atoms with E-state index in [9.17, 15) is 8.42 Å². The molecule has 0 aliphatic carbocycles. The number of thiophene rings is 1. The van der Waals surface area contributed by atoms with Gasteiger partial charge in [0.05, 0.1) is 4.90 Å². The molecule has 136 valence electrons. The molecule has 1 aromatic heterocycles. The topological polar surface area (TPSA) is 49.4 Å². The van der Waals surface area contributed by atoms with Crippen LogP contribution in [0.5, 0.6) is 0 Å². The molecule has 1 aromatic carbocycles. The number of hydrogen-bond donors (Lipinski definition) is 1. The Kier molecular flexibility index (Phi) is 6.17. The Hall–Kier alpha value is -0.920. The maximum Gasteiger partial charge on any atom is 0.240 e. The zero-order chi connectivity index (χ0) is 17.9. The number of nitrogens with one attached hydrogen (secondary N) is 1. The third-order valence-corrected chi connectivity index (χ3v) is 7.37. The standard InChI is InChI=1S/C18H23ClN2O2S2/c1-14-4-5-17(11-18(14)19)25(22,23)20-12-15-6-8-21(9-7-15)13-16-3-2-10-24-16/h2-5,10-11,15,20H,6-9,12-13H2,1H3. The van der Waals surface area contributed by atoms with Crippen molar-refractivity contribution < 1.29 is 8.42 Å². The van der Waals surface area contributed by atoms with Gasteiger partial charge in [0.15, 0.2) is 0 Å². The van der Waals surface area contributed by atoms with Gasteiger partial charge in [0.1, 0.15) is 0 Å². The minimum absolute atomic E-state index is 0.234. The van der Waals surface area contributed by atoms with Crippen LogP contribution < -0.4 is 4.72 Å². The van der Waals surface area contributed by atoms with Gasteiger partial charge in [-0.3, -0.25) is 4.90 Å². The summed E-state index contributed by atoms with van der Waals surface area (Å²) in [4.78, 5) is 4.06. The quantitative estimate of drug-likeness (QED) is 0.802. The number of likely N-dealkylation sites (tertiary alicyclic amines) is 1. The van der Waals surface area contributed by atoms with Crippen LogP contribution in [0.1, 0.15) is 23.3 Å². The number of nitrogens with zero attached hydrogens (tertiary/aromatic N) is 1. The Bertz CT molecular complexity index is 798. The Morgan fingerprint density at radius 3 is 2.68 bits per heavy atom. The van der Waals surface area contributed by atoms with Crippen LogP contribution in [0.2, 0.25) is 5.02 Å². The highest BCUT2D eigenvalue weighted by atomic mass is 35.5. The summed E-state index contributed by atoms with van der Waals surface area (Å²) in [6, 6.07) is 9.10. The molecule has 25 heavy (non-hydrogen) atoms. The average molecular weight is 399 g/mol. The Labute approximate surface area is 158 Å². The third kappa shape index (κ3) is 5.05. The molecule has 1 aliphatic heterocycles. The highest BCUT2D eigenvalue weighted by Gasteiger charge is 2.22. The van der Waals surface area contributed by atoms with Crippen molar-refractivity contribution in [1.82, 2.24) is 9.62 Å². The van der Waals surface area contributed by atoms with Crippen LogP contribution >= 0.6 is 22.9 Å². The normalized spacial score (nSPS) is 17.0. The second kappa shape index (κ2) is 8.18. The molecule has 0 atom stereocenters.